The second-order valence-electron chi connectivity index (χ2n) is 4.65. The summed E-state index contributed by atoms with van der Waals surface area (Å²) in [5.74, 6) is 0.622. The third-order valence-corrected chi connectivity index (χ3v) is 2.86. The number of nitrogens with zero attached hydrogens (tertiary/aromatic N) is 2. The first kappa shape index (κ1) is 11.2. The summed E-state index contributed by atoms with van der Waals surface area (Å²) in [6, 6.07) is 9.12. The zero-order chi connectivity index (χ0) is 12.4. The van der Waals surface area contributed by atoms with Crippen LogP contribution in [-0.2, 0) is 6.54 Å². The molecule has 0 amide bonds. The fourth-order valence-corrected chi connectivity index (χ4v) is 1.74. The van der Waals surface area contributed by atoms with Crippen molar-refractivity contribution in [3.8, 4) is 0 Å². The Labute approximate surface area is 106 Å². The maximum Gasteiger partial charge on any atom is 0.320 e. The lowest BCUT2D eigenvalue weighted by Gasteiger charge is -2.01. The van der Waals surface area contributed by atoms with Gasteiger partial charge < -0.3 is 15.1 Å². The zero-order valence-electron chi connectivity index (χ0n) is 10.3. The molecule has 0 bridgehead atoms. The van der Waals surface area contributed by atoms with Gasteiger partial charge in [0.25, 0.3) is 0 Å². The molecule has 1 fully saturated rings. The van der Waals surface area contributed by atoms with Crippen molar-refractivity contribution in [2.45, 2.75) is 32.4 Å². The third kappa shape index (κ3) is 2.87. The van der Waals surface area contributed by atoms with E-state index in [9.17, 15) is 0 Å². The number of hydrogen-bond donors (Lipinski definition) is 2. The third-order valence-electron chi connectivity index (χ3n) is 2.86. The van der Waals surface area contributed by atoms with E-state index in [0.29, 0.717) is 24.5 Å². The molecule has 0 aliphatic heterocycles. The van der Waals surface area contributed by atoms with Crippen molar-refractivity contribution in [2.75, 3.05) is 5.32 Å². The van der Waals surface area contributed by atoms with Crippen molar-refractivity contribution < 1.29 is 4.42 Å². The van der Waals surface area contributed by atoms with Gasteiger partial charge in [0.2, 0.25) is 5.89 Å². The standard InChI is InChI=1S/C13H16N4O/c1-9-3-2-4-11(7-9)15-13-17-16-12(18-13)8-14-10-5-6-10/h2-4,7,10,14H,5-6,8H2,1H3,(H,15,17). The van der Waals surface area contributed by atoms with Crippen LogP contribution in [0.15, 0.2) is 28.7 Å². The first-order chi connectivity index (χ1) is 8.79. The lowest BCUT2D eigenvalue weighted by molar-refractivity contribution is 0.478. The molecule has 0 saturated heterocycles. The SMILES string of the molecule is Cc1cccc(Nc2nnc(CNC3CC3)o2)c1. The summed E-state index contributed by atoms with van der Waals surface area (Å²) in [5, 5.41) is 14.4. The average Bonchev–Trinajstić information content (AvgIpc) is 3.08. The van der Waals surface area contributed by atoms with E-state index in [0.717, 1.165) is 5.69 Å². The molecule has 94 valence electrons. The molecular formula is C13H16N4O. The molecule has 1 saturated carbocycles. The van der Waals surface area contributed by atoms with Crippen LogP contribution in [0.3, 0.4) is 0 Å². The second-order valence-corrected chi connectivity index (χ2v) is 4.65. The van der Waals surface area contributed by atoms with E-state index in [1.807, 2.05) is 31.2 Å². The number of aromatic nitrogens is 2. The quantitative estimate of drug-likeness (QED) is 0.845. The molecule has 1 aliphatic carbocycles. The first-order valence-corrected chi connectivity index (χ1v) is 6.19. The van der Waals surface area contributed by atoms with Gasteiger partial charge in [-0.25, -0.2) is 0 Å². The molecule has 2 N–H and O–H groups in total. The van der Waals surface area contributed by atoms with E-state index in [-0.39, 0.29) is 0 Å². The van der Waals surface area contributed by atoms with Crippen LogP contribution in [0.4, 0.5) is 11.7 Å². The normalized spacial score (nSPS) is 14.7. The van der Waals surface area contributed by atoms with Gasteiger partial charge in [-0.2, -0.15) is 0 Å². The predicted octanol–water partition coefficient (Wildman–Crippen LogP) is 2.37. The Morgan fingerprint density at radius 2 is 2.22 bits per heavy atom. The van der Waals surface area contributed by atoms with Gasteiger partial charge in [0.1, 0.15) is 0 Å². The van der Waals surface area contributed by atoms with Crippen LogP contribution in [0.2, 0.25) is 0 Å². The van der Waals surface area contributed by atoms with Crippen LogP contribution in [-0.4, -0.2) is 16.2 Å². The summed E-state index contributed by atoms with van der Waals surface area (Å²) < 4.78 is 5.51. The van der Waals surface area contributed by atoms with Crippen molar-refractivity contribution in [3.05, 3.63) is 35.7 Å². The number of anilines is 2. The molecule has 0 atom stereocenters. The van der Waals surface area contributed by atoms with Crippen LogP contribution in [0.5, 0.6) is 0 Å². The van der Waals surface area contributed by atoms with Gasteiger partial charge in [-0.15, -0.1) is 5.10 Å². The number of benzene rings is 1. The molecule has 1 aromatic heterocycles. The Balaban J connectivity index is 1.61. The summed E-state index contributed by atoms with van der Waals surface area (Å²) in [6.07, 6.45) is 2.51. The highest BCUT2D eigenvalue weighted by Gasteiger charge is 2.21. The van der Waals surface area contributed by atoms with E-state index in [1.165, 1.54) is 18.4 Å². The van der Waals surface area contributed by atoms with Gasteiger partial charge >= 0.3 is 6.01 Å². The summed E-state index contributed by atoms with van der Waals surface area (Å²) in [5.41, 5.74) is 2.15. The van der Waals surface area contributed by atoms with Gasteiger partial charge in [0.15, 0.2) is 0 Å². The fourth-order valence-electron chi connectivity index (χ4n) is 1.74. The van der Waals surface area contributed by atoms with Gasteiger partial charge in [-0.05, 0) is 37.5 Å². The zero-order valence-corrected chi connectivity index (χ0v) is 10.3. The molecule has 0 unspecified atom stereocenters. The van der Waals surface area contributed by atoms with Crippen LogP contribution in [0, 0.1) is 6.92 Å². The fraction of sp³-hybridized carbons (Fsp3) is 0.385. The molecule has 0 spiro atoms. The highest BCUT2D eigenvalue weighted by atomic mass is 16.4. The highest BCUT2D eigenvalue weighted by Crippen LogP contribution is 2.20. The molecular weight excluding hydrogens is 228 g/mol. The van der Waals surface area contributed by atoms with Crippen LogP contribution in [0.25, 0.3) is 0 Å². The number of nitrogens with one attached hydrogen (secondary N) is 2. The molecule has 5 heteroatoms. The number of rotatable bonds is 5. The Morgan fingerprint density at radius 3 is 3.00 bits per heavy atom. The monoisotopic (exact) mass is 244 g/mol. The molecule has 18 heavy (non-hydrogen) atoms. The van der Waals surface area contributed by atoms with Crippen LogP contribution in [0.1, 0.15) is 24.3 Å². The van der Waals surface area contributed by atoms with E-state index in [2.05, 4.69) is 20.8 Å². The van der Waals surface area contributed by atoms with Crippen molar-refractivity contribution in [2.24, 2.45) is 0 Å². The lowest BCUT2D eigenvalue weighted by atomic mass is 10.2. The van der Waals surface area contributed by atoms with Crippen molar-refractivity contribution in [1.29, 1.82) is 0 Å². The largest absolute Gasteiger partial charge is 0.406 e. The van der Waals surface area contributed by atoms with Crippen LogP contribution >= 0.6 is 0 Å². The highest BCUT2D eigenvalue weighted by molar-refractivity contribution is 5.52. The minimum absolute atomic E-state index is 0.438. The molecule has 1 aliphatic rings. The van der Waals surface area contributed by atoms with Gasteiger partial charge in [-0.1, -0.05) is 17.2 Å². The van der Waals surface area contributed by atoms with Gasteiger partial charge in [-0.3, -0.25) is 0 Å². The van der Waals surface area contributed by atoms with Gasteiger partial charge in [0.05, 0.1) is 6.54 Å². The smallest absolute Gasteiger partial charge is 0.320 e. The summed E-state index contributed by atoms with van der Waals surface area (Å²) >= 11 is 0. The Morgan fingerprint density at radius 1 is 1.33 bits per heavy atom. The maximum absolute atomic E-state index is 5.51. The Bertz CT molecular complexity index is 533. The lowest BCUT2D eigenvalue weighted by Crippen LogP contribution is -2.15. The topological polar surface area (TPSA) is 63.0 Å². The molecule has 5 nitrogen and oxygen atoms in total. The van der Waals surface area contributed by atoms with Crippen molar-refractivity contribution in [1.82, 2.24) is 15.5 Å². The van der Waals surface area contributed by atoms with Crippen molar-refractivity contribution >= 4 is 11.7 Å². The van der Waals surface area contributed by atoms with Gasteiger partial charge in [0, 0.05) is 11.7 Å². The van der Waals surface area contributed by atoms with Crippen LogP contribution < -0.4 is 10.6 Å². The summed E-state index contributed by atoms with van der Waals surface area (Å²) in [7, 11) is 0. The molecule has 3 rings (SSSR count). The van der Waals surface area contributed by atoms with E-state index in [1.54, 1.807) is 0 Å². The summed E-state index contributed by atoms with van der Waals surface area (Å²) in [6.45, 7) is 2.69. The van der Waals surface area contributed by atoms with E-state index >= 15 is 0 Å². The predicted molar refractivity (Wildman–Crippen MR) is 68.6 cm³/mol. The number of hydrogen-bond acceptors (Lipinski definition) is 5. The molecule has 1 aromatic carbocycles. The van der Waals surface area contributed by atoms with E-state index in [4.69, 9.17) is 4.42 Å². The minimum atomic E-state index is 0.438. The average molecular weight is 244 g/mol. The van der Waals surface area contributed by atoms with Crippen molar-refractivity contribution in [3.63, 3.8) is 0 Å². The molecule has 1 heterocycles. The Kier molecular flexibility index (Phi) is 2.98. The molecule has 0 radical (unpaired) electrons. The first-order valence-electron chi connectivity index (χ1n) is 6.19. The molecule has 2 aromatic rings. The maximum atomic E-state index is 5.51. The summed E-state index contributed by atoms with van der Waals surface area (Å²) in [4.78, 5) is 0. The van der Waals surface area contributed by atoms with E-state index < -0.39 is 0 Å². The second kappa shape index (κ2) is 4.78. The minimum Gasteiger partial charge on any atom is -0.406 e. The number of aryl methyl sites for hydroxylation is 1. The Hall–Kier alpha value is -1.88.